The molecule has 0 aliphatic carbocycles. The highest BCUT2D eigenvalue weighted by atomic mass is 32.2. The Morgan fingerprint density at radius 2 is 2.62 bits per heavy atom. The van der Waals surface area contributed by atoms with Crippen molar-refractivity contribution in [1.29, 1.82) is 0 Å². The normalized spacial score (nSPS) is 11.2. The first-order valence-electron chi connectivity index (χ1n) is 4.07. The van der Waals surface area contributed by atoms with E-state index in [-0.39, 0.29) is 6.61 Å². The van der Waals surface area contributed by atoms with Crippen LogP contribution in [0.3, 0.4) is 0 Å². The number of aliphatic hydroxyl groups is 1. The molecule has 0 aliphatic heterocycles. The molecule has 0 atom stereocenters. The van der Waals surface area contributed by atoms with Crippen molar-refractivity contribution in [3.05, 3.63) is 11.8 Å². The standard InChI is InChI=1S/C8H13N3OS/c1-13-8-5-7(10-11-8)6-9-3-2-4-12/h5-6,12H,2-4H2,1H3,(H,10,11)/b9-6+. The molecule has 0 radical (unpaired) electrons. The van der Waals surface area contributed by atoms with Gasteiger partial charge < -0.3 is 5.11 Å². The molecule has 13 heavy (non-hydrogen) atoms. The van der Waals surface area contributed by atoms with Gasteiger partial charge in [-0.05, 0) is 18.7 Å². The Bertz CT molecular complexity index is 272. The van der Waals surface area contributed by atoms with Crippen LogP contribution in [0.1, 0.15) is 12.1 Å². The molecule has 0 bridgehead atoms. The summed E-state index contributed by atoms with van der Waals surface area (Å²) in [6.07, 6.45) is 4.42. The van der Waals surface area contributed by atoms with Crippen LogP contribution in [-0.4, -0.2) is 40.9 Å². The number of H-pyrrole nitrogens is 1. The number of aromatic amines is 1. The second kappa shape index (κ2) is 5.77. The zero-order chi connectivity index (χ0) is 9.52. The van der Waals surface area contributed by atoms with E-state index < -0.39 is 0 Å². The number of hydrogen-bond acceptors (Lipinski definition) is 4. The molecule has 2 N–H and O–H groups in total. The lowest BCUT2D eigenvalue weighted by Crippen LogP contribution is -1.88. The predicted molar refractivity (Wildman–Crippen MR) is 54.5 cm³/mol. The molecule has 0 saturated carbocycles. The number of aliphatic hydroxyl groups excluding tert-OH is 1. The third-order valence-electron chi connectivity index (χ3n) is 1.46. The van der Waals surface area contributed by atoms with Crippen LogP contribution < -0.4 is 0 Å². The number of aromatic nitrogens is 2. The number of rotatable bonds is 5. The third-order valence-corrected chi connectivity index (χ3v) is 2.09. The van der Waals surface area contributed by atoms with Crippen molar-refractivity contribution in [2.75, 3.05) is 19.4 Å². The van der Waals surface area contributed by atoms with E-state index in [1.165, 1.54) is 0 Å². The van der Waals surface area contributed by atoms with Crippen molar-refractivity contribution in [3.8, 4) is 0 Å². The van der Waals surface area contributed by atoms with Gasteiger partial charge in [-0.2, -0.15) is 5.10 Å². The Balaban J connectivity index is 2.39. The van der Waals surface area contributed by atoms with Gasteiger partial charge in [0.15, 0.2) is 0 Å². The van der Waals surface area contributed by atoms with Gasteiger partial charge in [-0.25, -0.2) is 0 Å². The van der Waals surface area contributed by atoms with E-state index in [2.05, 4.69) is 15.2 Å². The van der Waals surface area contributed by atoms with Crippen molar-refractivity contribution in [2.45, 2.75) is 11.4 Å². The van der Waals surface area contributed by atoms with Gasteiger partial charge in [0.05, 0.1) is 5.69 Å². The highest BCUT2D eigenvalue weighted by molar-refractivity contribution is 7.98. The molecule has 0 amide bonds. The summed E-state index contributed by atoms with van der Waals surface area (Å²) in [6, 6.07) is 1.94. The Labute approximate surface area is 81.5 Å². The second-order valence-corrected chi connectivity index (χ2v) is 3.30. The molecule has 1 heterocycles. The number of hydrogen-bond donors (Lipinski definition) is 2. The molecule has 1 aromatic rings. The maximum atomic E-state index is 8.51. The van der Waals surface area contributed by atoms with Crippen molar-refractivity contribution in [1.82, 2.24) is 10.2 Å². The minimum absolute atomic E-state index is 0.191. The number of nitrogens with one attached hydrogen (secondary N) is 1. The van der Waals surface area contributed by atoms with E-state index in [4.69, 9.17) is 5.11 Å². The fourth-order valence-corrected chi connectivity index (χ4v) is 1.19. The minimum Gasteiger partial charge on any atom is -0.396 e. The summed E-state index contributed by atoms with van der Waals surface area (Å²) in [5, 5.41) is 16.4. The van der Waals surface area contributed by atoms with Gasteiger partial charge in [0.25, 0.3) is 0 Å². The van der Waals surface area contributed by atoms with Gasteiger partial charge in [-0.1, -0.05) is 0 Å². The molecule has 0 aliphatic rings. The van der Waals surface area contributed by atoms with Gasteiger partial charge in [0.1, 0.15) is 5.03 Å². The van der Waals surface area contributed by atoms with Crippen LogP contribution in [0.5, 0.6) is 0 Å². The van der Waals surface area contributed by atoms with Gasteiger partial charge in [-0.15, -0.1) is 11.8 Å². The molecular weight excluding hydrogens is 186 g/mol. The molecule has 5 heteroatoms. The molecule has 0 fully saturated rings. The SMILES string of the molecule is CSc1cc(/C=N/CCCO)[nH]n1. The molecule has 4 nitrogen and oxygen atoms in total. The molecule has 1 aromatic heterocycles. The van der Waals surface area contributed by atoms with Gasteiger partial charge in [0, 0.05) is 19.4 Å². The van der Waals surface area contributed by atoms with E-state index in [1.807, 2.05) is 12.3 Å². The quantitative estimate of drug-likeness (QED) is 0.421. The van der Waals surface area contributed by atoms with Crippen LogP contribution in [0.2, 0.25) is 0 Å². The average molecular weight is 199 g/mol. The minimum atomic E-state index is 0.191. The monoisotopic (exact) mass is 199 g/mol. The second-order valence-electron chi connectivity index (χ2n) is 2.48. The smallest absolute Gasteiger partial charge is 0.118 e. The zero-order valence-electron chi connectivity index (χ0n) is 7.53. The Morgan fingerprint density at radius 3 is 3.23 bits per heavy atom. The van der Waals surface area contributed by atoms with Crippen LogP contribution in [0.25, 0.3) is 0 Å². The Kier molecular flexibility index (Phi) is 4.56. The maximum absolute atomic E-state index is 8.51. The lowest BCUT2D eigenvalue weighted by Gasteiger charge is -1.87. The van der Waals surface area contributed by atoms with Crippen LogP contribution in [-0.2, 0) is 0 Å². The van der Waals surface area contributed by atoms with Crippen molar-refractivity contribution in [2.24, 2.45) is 4.99 Å². The molecule has 0 saturated heterocycles. The lowest BCUT2D eigenvalue weighted by atomic mass is 10.4. The Morgan fingerprint density at radius 1 is 1.77 bits per heavy atom. The van der Waals surface area contributed by atoms with Crippen LogP contribution in [0, 0.1) is 0 Å². The van der Waals surface area contributed by atoms with Crippen LogP contribution in [0.4, 0.5) is 0 Å². The van der Waals surface area contributed by atoms with E-state index in [9.17, 15) is 0 Å². The molecule has 0 spiro atoms. The predicted octanol–water partition coefficient (Wildman–Crippen LogP) is 0.933. The summed E-state index contributed by atoms with van der Waals surface area (Å²) in [5.41, 5.74) is 0.905. The highest BCUT2D eigenvalue weighted by Gasteiger charge is 1.94. The number of thioether (sulfide) groups is 1. The third kappa shape index (κ3) is 3.61. The summed E-state index contributed by atoms with van der Waals surface area (Å²) < 4.78 is 0. The lowest BCUT2D eigenvalue weighted by molar-refractivity contribution is 0.291. The summed E-state index contributed by atoms with van der Waals surface area (Å²) in [7, 11) is 0. The van der Waals surface area contributed by atoms with Crippen LogP contribution >= 0.6 is 11.8 Å². The molecule has 0 unspecified atom stereocenters. The maximum Gasteiger partial charge on any atom is 0.118 e. The summed E-state index contributed by atoms with van der Waals surface area (Å²) in [6.45, 7) is 0.848. The van der Waals surface area contributed by atoms with Crippen molar-refractivity contribution >= 4 is 18.0 Å². The number of aliphatic imine (C=N–C) groups is 1. The summed E-state index contributed by atoms with van der Waals surface area (Å²) in [4.78, 5) is 4.11. The van der Waals surface area contributed by atoms with Crippen molar-refractivity contribution < 1.29 is 5.11 Å². The van der Waals surface area contributed by atoms with Gasteiger partial charge in [0.2, 0.25) is 0 Å². The summed E-state index contributed by atoms with van der Waals surface area (Å²) >= 11 is 1.59. The molecular formula is C8H13N3OS. The highest BCUT2D eigenvalue weighted by Crippen LogP contribution is 2.10. The molecule has 1 rings (SSSR count). The topological polar surface area (TPSA) is 61.3 Å². The van der Waals surface area contributed by atoms with E-state index in [1.54, 1.807) is 18.0 Å². The zero-order valence-corrected chi connectivity index (χ0v) is 8.34. The average Bonchev–Trinajstić information content (AvgIpc) is 2.60. The Hall–Kier alpha value is -0.810. The van der Waals surface area contributed by atoms with E-state index in [0.29, 0.717) is 13.0 Å². The van der Waals surface area contributed by atoms with E-state index in [0.717, 1.165) is 10.7 Å². The summed E-state index contributed by atoms with van der Waals surface area (Å²) in [5.74, 6) is 0. The van der Waals surface area contributed by atoms with Gasteiger partial charge >= 0.3 is 0 Å². The first-order chi connectivity index (χ1) is 6.36. The fourth-order valence-electron chi connectivity index (χ4n) is 0.813. The largest absolute Gasteiger partial charge is 0.396 e. The molecule has 0 aromatic carbocycles. The fraction of sp³-hybridized carbons (Fsp3) is 0.500. The number of nitrogens with zero attached hydrogens (tertiary/aromatic N) is 2. The van der Waals surface area contributed by atoms with Crippen LogP contribution in [0.15, 0.2) is 16.1 Å². The van der Waals surface area contributed by atoms with Crippen molar-refractivity contribution in [3.63, 3.8) is 0 Å². The first-order valence-corrected chi connectivity index (χ1v) is 5.29. The first kappa shape index (κ1) is 10.3. The molecule has 72 valence electrons. The van der Waals surface area contributed by atoms with Gasteiger partial charge in [-0.3, -0.25) is 10.1 Å². The van der Waals surface area contributed by atoms with E-state index >= 15 is 0 Å².